The van der Waals surface area contributed by atoms with E-state index in [0.717, 1.165) is 12.0 Å². The number of benzene rings is 1. The van der Waals surface area contributed by atoms with Gasteiger partial charge in [-0.15, -0.1) is 0 Å². The van der Waals surface area contributed by atoms with Crippen molar-refractivity contribution in [3.8, 4) is 0 Å². The van der Waals surface area contributed by atoms with E-state index in [2.05, 4.69) is 16.8 Å². The molecule has 7 nitrogen and oxygen atoms in total. The minimum atomic E-state index is -3.79. The molecule has 0 bridgehead atoms. The SMILES string of the molecule is CC(=O)N1CCC(C)c2ccc(S(=O)(=O)Nc3conc3C)cc21. The van der Waals surface area contributed by atoms with Crippen LogP contribution in [-0.4, -0.2) is 26.0 Å². The lowest BCUT2D eigenvalue weighted by atomic mass is 9.91. The van der Waals surface area contributed by atoms with Gasteiger partial charge in [0.05, 0.1) is 4.90 Å². The standard InChI is InChI=1S/C16H19N3O4S/c1-10-6-7-19(12(3)20)16-8-13(4-5-14(10)16)24(21,22)18-15-9-23-17-11(15)2/h4-5,8-10,18H,6-7H2,1-3H3. The molecule has 0 saturated heterocycles. The number of aromatic nitrogens is 1. The first-order valence-electron chi connectivity index (χ1n) is 7.65. The number of amides is 1. The van der Waals surface area contributed by atoms with E-state index >= 15 is 0 Å². The molecule has 2 heterocycles. The van der Waals surface area contributed by atoms with Gasteiger partial charge in [-0.2, -0.15) is 0 Å². The van der Waals surface area contributed by atoms with Crippen LogP contribution in [0.1, 0.15) is 37.4 Å². The van der Waals surface area contributed by atoms with E-state index in [1.165, 1.54) is 13.2 Å². The Morgan fingerprint density at radius 2 is 2.17 bits per heavy atom. The number of carbonyl (C=O) groups is 1. The lowest BCUT2D eigenvalue weighted by Crippen LogP contribution is -2.34. The van der Waals surface area contributed by atoms with Gasteiger partial charge < -0.3 is 9.42 Å². The molecule has 1 amide bonds. The average molecular weight is 349 g/mol. The molecular formula is C16H19N3O4S. The lowest BCUT2D eigenvalue weighted by molar-refractivity contribution is -0.116. The summed E-state index contributed by atoms with van der Waals surface area (Å²) in [6.07, 6.45) is 2.10. The molecule has 1 atom stereocenters. The van der Waals surface area contributed by atoms with Crippen LogP contribution in [0.5, 0.6) is 0 Å². The van der Waals surface area contributed by atoms with Crippen molar-refractivity contribution >= 4 is 27.3 Å². The summed E-state index contributed by atoms with van der Waals surface area (Å²) in [5, 5.41) is 3.66. The monoisotopic (exact) mass is 349 g/mol. The van der Waals surface area contributed by atoms with Gasteiger partial charge in [-0.25, -0.2) is 8.42 Å². The summed E-state index contributed by atoms with van der Waals surface area (Å²) in [4.78, 5) is 13.6. The highest BCUT2D eigenvalue weighted by atomic mass is 32.2. The van der Waals surface area contributed by atoms with Gasteiger partial charge in [-0.1, -0.05) is 18.1 Å². The Morgan fingerprint density at radius 3 is 2.79 bits per heavy atom. The van der Waals surface area contributed by atoms with Crippen LogP contribution in [-0.2, 0) is 14.8 Å². The zero-order valence-corrected chi connectivity index (χ0v) is 14.6. The van der Waals surface area contributed by atoms with Crippen LogP contribution in [0.2, 0.25) is 0 Å². The van der Waals surface area contributed by atoms with Gasteiger partial charge in [0, 0.05) is 19.2 Å². The molecule has 3 rings (SSSR count). The Bertz CT molecular complexity index is 888. The molecule has 0 saturated carbocycles. The largest absolute Gasteiger partial charge is 0.362 e. The highest BCUT2D eigenvalue weighted by Gasteiger charge is 2.27. The second kappa shape index (κ2) is 5.94. The summed E-state index contributed by atoms with van der Waals surface area (Å²) in [6, 6.07) is 4.89. The normalized spacial score (nSPS) is 17.5. The van der Waals surface area contributed by atoms with Crippen LogP contribution in [0.25, 0.3) is 0 Å². The predicted molar refractivity (Wildman–Crippen MR) is 89.5 cm³/mol. The number of rotatable bonds is 3. The third-order valence-corrected chi connectivity index (χ3v) is 5.66. The van der Waals surface area contributed by atoms with E-state index < -0.39 is 10.0 Å². The molecule has 24 heavy (non-hydrogen) atoms. The minimum Gasteiger partial charge on any atom is -0.362 e. The van der Waals surface area contributed by atoms with E-state index in [9.17, 15) is 13.2 Å². The number of sulfonamides is 1. The van der Waals surface area contributed by atoms with Gasteiger partial charge in [0.2, 0.25) is 5.91 Å². The molecule has 0 spiro atoms. The van der Waals surface area contributed by atoms with Gasteiger partial charge in [-0.3, -0.25) is 9.52 Å². The van der Waals surface area contributed by atoms with Crippen LogP contribution >= 0.6 is 0 Å². The number of carbonyl (C=O) groups excluding carboxylic acids is 1. The molecule has 2 aromatic rings. The molecule has 128 valence electrons. The van der Waals surface area contributed by atoms with E-state index in [1.807, 2.05) is 0 Å². The van der Waals surface area contributed by atoms with Crippen molar-refractivity contribution in [2.75, 3.05) is 16.2 Å². The summed E-state index contributed by atoms with van der Waals surface area (Å²) >= 11 is 0. The van der Waals surface area contributed by atoms with Crippen LogP contribution in [0, 0.1) is 6.92 Å². The van der Waals surface area contributed by atoms with Crippen LogP contribution in [0.15, 0.2) is 33.9 Å². The Hall–Kier alpha value is -2.35. The van der Waals surface area contributed by atoms with Crippen molar-refractivity contribution in [2.24, 2.45) is 0 Å². The third-order valence-electron chi connectivity index (χ3n) is 4.29. The van der Waals surface area contributed by atoms with Gasteiger partial charge >= 0.3 is 0 Å². The second-order valence-corrected chi connectivity index (χ2v) is 7.68. The first-order valence-corrected chi connectivity index (χ1v) is 9.14. The molecule has 1 unspecified atom stereocenters. The quantitative estimate of drug-likeness (QED) is 0.919. The fourth-order valence-electron chi connectivity index (χ4n) is 2.86. The summed E-state index contributed by atoms with van der Waals surface area (Å²) < 4.78 is 32.4. The lowest BCUT2D eigenvalue weighted by Gasteiger charge is -2.32. The first kappa shape index (κ1) is 16.5. The summed E-state index contributed by atoms with van der Waals surface area (Å²) in [5.41, 5.74) is 2.39. The van der Waals surface area contributed by atoms with Crippen LogP contribution in [0.3, 0.4) is 0 Å². The molecule has 1 aromatic carbocycles. The van der Waals surface area contributed by atoms with Crippen molar-refractivity contribution < 1.29 is 17.7 Å². The van der Waals surface area contributed by atoms with E-state index in [0.29, 0.717) is 23.6 Å². The van der Waals surface area contributed by atoms with Crippen molar-refractivity contribution in [1.29, 1.82) is 0 Å². The third kappa shape index (κ3) is 2.89. The number of anilines is 2. The maximum atomic E-state index is 12.6. The maximum Gasteiger partial charge on any atom is 0.262 e. The highest BCUT2D eigenvalue weighted by molar-refractivity contribution is 7.92. The van der Waals surface area contributed by atoms with Crippen molar-refractivity contribution in [1.82, 2.24) is 5.16 Å². The van der Waals surface area contributed by atoms with E-state index in [1.54, 1.807) is 30.0 Å². The molecule has 0 radical (unpaired) electrons. The number of hydrogen-bond acceptors (Lipinski definition) is 5. The first-order chi connectivity index (χ1) is 11.3. The Labute approximate surface area is 140 Å². The number of nitrogens with one attached hydrogen (secondary N) is 1. The molecule has 1 N–H and O–H groups in total. The molecule has 1 aliphatic rings. The highest BCUT2D eigenvalue weighted by Crippen LogP contribution is 2.36. The molecular weight excluding hydrogens is 330 g/mol. The Kier molecular flexibility index (Phi) is 4.08. The predicted octanol–water partition coefficient (Wildman–Crippen LogP) is 2.64. The van der Waals surface area contributed by atoms with Gasteiger partial charge in [-0.05, 0) is 37.0 Å². The molecule has 8 heteroatoms. The van der Waals surface area contributed by atoms with Gasteiger partial charge in [0.1, 0.15) is 17.6 Å². The van der Waals surface area contributed by atoms with Crippen molar-refractivity contribution in [3.63, 3.8) is 0 Å². The fraction of sp³-hybridized carbons (Fsp3) is 0.375. The smallest absolute Gasteiger partial charge is 0.262 e. The van der Waals surface area contributed by atoms with Crippen molar-refractivity contribution in [3.05, 3.63) is 35.7 Å². The average Bonchev–Trinajstić information content (AvgIpc) is 2.91. The van der Waals surface area contributed by atoms with Crippen LogP contribution in [0.4, 0.5) is 11.4 Å². The zero-order valence-electron chi connectivity index (χ0n) is 13.7. The molecule has 1 aromatic heterocycles. The number of aryl methyl sites for hydroxylation is 1. The van der Waals surface area contributed by atoms with Crippen molar-refractivity contribution in [2.45, 2.75) is 38.0 Å². The second-order valence-electron chi connectivity index (χ2n) is 6.00. The Morgan fingerprint density at radius 1 is 1.42 bits per heavy atom. The maximum absolute atomic E-state index is 12.6. The minimum absolute atomic E-state index is 0.0967. The fourth-order valence-corrected chi connectivity index (χ4v) is 3.98. The molecule has 0 aliphatic carbocycles. The van der Waals surface area contributed by atoms with E-state index in [-0.39, 0.29) is 16.7 Å². The summed E-state index contributed by atoms with van der Waals surface area (Å²) in [6.45, 7) is 5.79. The van der Waals surface area contributed by atoms with E-state index in [4.69, 9.17) is 4.52 Å². The summed E-state index contributed by atoms with van der Waals surface area (Å²) in [7, 11) is -3.79. The van der Waals surface area contributed by atoms with Gasteiger partial charge in [0.15, 0.2) is 0 Å². The zero-order chi connectivity index (χ0) is 17.5. The number of hydrogen-bond donors (Lipinski definition) is 1. The molecule has 1 aliphatic heterocycles. The summed E-state index contributed by atoms with van der Waals surface area (Å²) in [5.74, 6) is 0.182. The Balaban J connectivity index is 2.02. The topological polar surface area (TPSA) is 92.5 Å². The molecule has 0 fully saturated rings. The van der Waals surface area contributed by atoms with Gasteiger partial charge in [0.25, 0.3) is 10.0 Å². The number of fused-ring (bicyclic) bond motifs is 1. The number of nitrogens with zero attached hydrogens (tertiary/aromatic N) is 2. The van der Waals surface area contributed by atoms with Crippen LogP contribution < -0.4 is 9.62 Å².